The van der Waals surface area contributed by atoms with Gasteiger partial charge in [0.2, 0.25) is 0 Å². The largest absolute Gasteiger partial charge is 0.498 e. The number of ketones is 1. The maximum atomic E-state index is 12.9. The van der Waals surface area contributed by atoms with Crippen LogP contribution in [0.4, 0.5) is 0 Å². The van der Waals surface area contributed by atoms with Gasteiger partial charge in [-0.05, 0) is 36.7 Å². The summed E-state index contributed by atoms with van der Waals surface area (Å²) >= 11 is 0. The maximum Gasteiger partial charge on any atom is 0.252 e. The summed E-state index contributed by atoms with van der Waals surface area (Å²) < 4.78 is 6.29. The fourth-order valence-electron chi connectivity index (χ4n) is 5.26. The minimum atomic E-state index is -0.306. The molecule has 6 heteroatoms. The van der Waals surface area contributed by atoms with Gasteiger partial charge in [0.25, 0.3) is 5.91 Å². The molecule has 2 aromatic rings. The number of allylic oxidation sites excluding steroid dienone is 1. The predicted molar refractivity (Wildman–Crippen MR) is 173 cm³/mol. The van der Waals surface area contributed by atoms with Gasteiger partial charge in [0.05, 0.1) is 17.9 Å². The van der Waals surface area contributed by atoms with Crippen LogP contribution in [0.3, 0.4) is 0 Å². The average molecular weight is 575 g/mol. The summed E-state index contributed by atoms with van der Waals surface area (Å²) in [4.78, 5) is 38.7. The Bertz CT molecular complexity index is 1280. The van der Waals surface area contributed by atoms with Gasteiger partial charge in [-0.1, -0.05) is 104 Å². The Kier molecular flexibility index (Phi) is 11.9. The van der Waals surface area contributed by atoms with Gasteiger partial charge in [-0.15, -0.1) is 0 Å². The second-order valence-electron chi connectivity index (χ2n) is 13.4. The van der Waals surface area contributed by atoms with Crippen molar-refractivity contribution in [1.29, 1.82) is 0 Å². The molecule has 0 saturated heterocycles. The molecule has 0 aromatic heterocycles. The van der Waals surface area contributed by atoms with E-state index in [4.69, 9.17) is 4.74 Å². The smallest absolute Gasteiger partial charge is 0.252 e. The first kappa shape index (κ1) is 34.5. The number of amides is 1. The Hall–Kier alpha value is -3.67. The summed E-state index contributed by atoms with van der Waals surface area (Å²) in [5, 5.41) is 2.94. The van der Waals surface area contributed by atoms with Crippen molar-refractivity contribution in [3.05, 3.63) is 89.7 Å². The SMILES string of the molecule is C=C(c1ccccc1C=O)N(CCCOC(=C)C(C)(CC(C)(C)C)C(C)(C)C)CCNC(=O)c1ccccc1C(C)=O. The van der Waals surface area contributed by atoms with E-state index < -0.39 is 0 Å². The van der Waals surface area contributed by atoms with E-state index in [2.05, 4.69) is 71.8 Å². The van der Waals surface area contributed by atoms with E-state index in [1.165, 1.54) is 6.92 Å². The molecule has 0 aliphatic heterocycles. The normalized spacial score (nSPS) is 13.0. The molecule has 1 atom stereocenters. The molecule has 0 bridgehead atoms. The molecule has 1 N–H and O–H groups in total. The summed E-state index contributed by atoms with van der Waals surface area (Å²) in [5.74, 6) is 0.325. The van der Waals surface area contributed by atoms with Crippen molar-refractivity contribution in [2.24, 2.45) is 16.2 Å². The lowest BCUT2D eigenvalue weighted by atomic mass is 9.60. The average Bonchev–Trinajstić information content (AvgIpc) is 2.91. The van der Waals surface area contributed by atoms with Gasteiger partial charge < -0.3 is 15.0 Å². The third kappa shape index (κ3) is 9.17. The standard InChI is InChI=1S/C36H50N2O4/c1-26(30-17-12-11-16-29(30)24-39)38(22-20-37-33(41)32-19-14-13-18-31(32)27(2)40)21-15-23-42-28(3)36(10,35(7,8)9)25-34(4,5)6/h11-14,16-19,24H,1,3,15,20-23,25H2,2,4-10H3,(H,37,41). The van der Waals surface area contributed by atoms with E-state index in [1.54, 1.807) is 30.3 Å². The van der Waals surface area contributed by atoms with E-state index in [-0.39, 0.29) is 27.9 Å². The van der Waals surface area contributed by atoms with E-state index in [1.807, 2.05) is 18.2 Å². The number of Topliss-reactive ketones (excluding diaryl/α,β-unsaturated/α-hetero) is 1. The van der Waals surface area contributed by atoms with Gasteiger partial charge in [0.15, 0.2) is 12.1 Å². The zero-order chi connectivity index (χ0) is 31.7. The highest BCUT2D eigenvalue weighted by molar-refractivity contribution is 6.07. The van der Waals surface area contributed by atoms with Crippen LogP contribution in [0.25, 0.3) is 5.70 Å². The highest BCUT2D eigenvalue weighted by atomic mass is 16.5. The Labute approximate surface area is 253 Å². The molecule has 0 heterocycles. The molecule has 0 radical (unpaired) electrons. The summed E-state index contributed by atoms with van der Waals surface area (Å²) in [7, 11) is 0. The molecule has 0 aliphatic rings. The van der Waals surface area contributed by atoms with Crippen LogP contribution in [-0.2, 0) is 4.74 Å². The number of aldehydes is 1. The number of carbonyl (C=O) groups excluding carboxylic acids is 3. The lowest BCUT2D eigenvalue weighted by Gasteiger charge is -2.46. The van der Waals surface area contributed by atoms with Gasteiger partial charge in [0, 0.05) is 47.4 Å². The van der Waals surface area contributed by atoms with Gasteiger partial charge in [0.1, 0.15) is 0 Å². The first-order valence-corrected chi connectivity index (χ1v) is 14.7. The van der Waals surface area contributed by atoms with Crippen molar-refractivity contribution in [2.75, 3.05) is 26.2 Å². The van der Waals surface area contributed by atoms with Crippen molar-refractivity contribution < 1.29 is 19.1 Å². The van der Waals surface area contributed by atoms with Gasteiger partial charge in [-0.2, -0.15) is 0 Å². The van der Waals surface area contributed by atoms with Crippen molar-refractivity contribution >= 4 is 23.7 Å². The van der Waals surface area contributed by atoms with Crippen LogP contribution in [0.5, 0.6) is 0 Å². The minimum absolute atomic E-state index is 0.0323. The number of nitrogens with zero attached hydrogens (tertiary/aromatic N) is 1. The quantitative estimate of drug-likeness (QED) is 0.102. The van der Waals surface area contributed by atoms with Crippen LogP contribution < -0.4 is 5.32 Å². The topological polar surface area (TPSA) is 75.7 Å². The van der Waals surface area contributed by atoms with Crippen molar-refractivity contribution in [3.63, 3.8) is 0 Å². The first-order valence-electron chi connectivity index (χ1n) is 14.7. The minimum Gasteiger partial charge on any atom is -0.498 e. The van der Waals surface area contributed by atoms with Gasteiger partial charge in [-0.3, -0.25) is 14.4 Å². The lowest BCUT2D eigenvalue weighted by molar-refractivity contribution is 0.0200. The monoisotopic (exact) mass is 574 g/mol. The Balaban J connectivity index is 2.14. The van der Waals surface area contributed by atoms with E-state index >= 15 is 0 Å². The summed E-state index contributed by atoms with van der Waals surface area (Å²) in [6.45, 7) is 27.6. The molecule has 0 saturated carbocycles. The zero-order valence-corrected chi connectivity index (χ0v) is 26.9. The van der Waals surface area contributed by atoms with Crippen LogP contribution >= 0.6 is 0 Å². The molecule has 0 fully saturated rings. The molecule has 2 aromatic carbocycles. The van der Waals surface area contributed by atoms with Crippen molar-refractivity contribution in [2.45, 2.75) is 68.2 Å². The third-order valence-corrected chi connectivity index (χ3v) is 8.00. The van der Waals surface area contributed by atoms with Gasteiger partial charge >= 0.3 is 0 Å². The number of carbonyl (C=O) groups is 3. The number of nitrogens with one attached hydrogen (secondary N) is 1. The number of rotatable bonds is 15. The second kappa shape index (κ2) is 14.5. The molecule has 228 valence electrons. The fourth-order valence-corrected chi connectivity index (χ4v) is 5.26. The molecular formula is C36H50N2O4. The first-order chi connectivity index (χ1) is 19.5. The molecule has 0 aliphatic carbocycles. The Morgan fingerprint density at radius 2 is 1.45 bits per heavy atom. The number of ether oxygens (including phenoxy) is 1. The zero-order valence-electron chi connectivity index (χ0n) is 26.9. The number of hydrogen-bond donors (Lipinski definition) is 1. The second-order valence-corrected chi connectivity index (χ2v) is 13.4. The molecule has 0 spiro atoms. The Morgan fingerprint density at radius 1 is 0.881 bits per heavy atom. The third-order valence-electron chi connectivity index (χ3n) is 8.00. The van der Waals surface area contributed by atoms with Crippen LogP contribution in [0, 0.1) is 16.2 Å². The predicted octanol–water partition coefficient (Wildman–Crippen LogP) is 7.81. The van der Waals surface area contributed by atoms with E-state index in [9.17, 15) is 14.4 Å². The summed E-state index contributed by atoms with van der Waals surface area (Å²) in [6, 6.07) is 14.1. The molecule has 6 nitrogen and oxygen atoms in total. The number of benzene rings is 2. The fraction of sp³-hybridized carbons (Fsp3) is 0.472. The van der Waals surface area contributed by atoms with Crippen molar-refractivity contribution in [1.82, 2.24) is 10.2 Å². The molecule has 1 amide bonds. The van der Waals surface area contributed by atoms with E-state index in [0.29, 0.717) is 55.0 Å². The van der Waals surface area contributed by atoms with Crippen LogP contribution in [0.15, 0.2) is 67.4 Å². The molecular weight excluding hydrogens is 524 g/mol. The maximum absolute atomic E-state index is 12.9. The molecule has 42 heavy (non-hydrogen) atoms. The molecule has 2 rings (SSSR count). The van der Waals surface area contributed by atoms with E-state index in [0.717, 1.165) is 24.0 Å². The Morgan fingerprint density at radius 3 is 2.00 bits per heavy atom. The van der Waals surface area contributed by atoms with Crippen LogP contribution in [0.2, 0.25) is 0 Å². The highest BCUT2D eigenvalue weighted by Crippen LogP contribution is 2.51. The summed E-state index contributed by atoms with van der Waals surface area (Å²) in [5.41, 5.74) is 2.61. The lowest BCUT2D eigenvalue weighted by Crippen LogP contribution is -2.39. The summed E-state index contributed by atoms with van der Waals surface area (Å²) in [6.07, 6.45) is 2.47. The molecule has 1 unspecified atom stereocenters. The number of hydrogen-bond acceptors (Lipinski definition) is 5. The van der Waals surface area contributed by atoms with Crippen molar-refractivity contribution in [3.8, 4) is 0 Å². The highest BCUT2D eigenvalue weighted by Gasteiger charge is 2.43. The van der Waals surface area contributed by atoms with Crippen LogP contribution in [-0.4, -0.2) is 49.1 Å². The van der Waals surface area contributed by atoms with Gasteiger partial charge in [-0.25, -0.2) is 0 Å². The van der Waals surface area contributed by atoms with Crippen LogP contribution in [0.1, 0.15) is 105 Å².